The molecule has 1 aromatic heterocycles. The summed E-state index contributed by atoms with van der Waals surface area (Å²) < 4.78 is 19.9. The molecule has 0 bridgehead atoms. The number of hydrogen-bond acceptors (Lipinski definition) is 8. The summed E-state index contributed by atoms with van der Waals surface area (Å²) in [6.45, 7) is 6.97. The number of allylic oxidation sites excluding steroid dienone is 1. The van der Waals surface area contributed by atoms with Gasteiger partial charge in [-0.05, 0) is 73.6 Å². The van der Waals surface area contributed by atoms with Gasteiger partial charge in [0.25, 0.3) is 5.91 Å². The van der Waals surface area contributed by atoms with Gasteiger partial charge < -0.3 is 25.7 Å². The second-order valence-corrected chi connectivity index (χ2v) is 11.1. The maximum absolute atomic E-state index is 14.5. The van der Waals surface area contributed by atoms with Crippen molar-refractivity contribution in [3.63, 3.8) is 0 Å². The Hall–Kier alpha value is -4.14. The van der Waals surface area contributed by atoms with Gasteiger partial charge in [-0.2, -0.15) is 5.26 Å². The molecule has 0 spiro atoms. The molecule has 11 heteroatoms. The number of benzene rings is 1. The fraction of sp³-hybridized carbons (Fsp3) is 0.452. The third kappa shape index (κ3) is 6.50. The average Bonchev–Trinajstić information content (AvgIpc) is 3.79. The minimum atomic E-state index is -0.975. The van der Waals surface area contributed by atoms with Crippen molar-refractivity contribution in [2.24, 2.45) is 11.3 Å². The zero-order chi connectivity index (χ0) is 29.7. The highest BCUT2D eigenvalue weighted by Gasteiger charge is 2.56. The summed E-state index contributed by atoms with van der Waals surface area (Å²) in [6.07, 6.45) is 5.13. The normalized spacial score (nSPS) is 21.2. The third-order valence-corrected chi connectivity index (χ3v) is 8.15. The summed E-state index contributed by atoms with van der Waals surface area (Å²) in [6, 6.07) is 10.0. The van der Waals surface area contributed by atoms with Crippen LogP contribution >= 0.6 is 0 Å². The summed E-state index contributed by atoms with van der Waals surface area (Å²) in [5.41, 5.74) is 1.85. The van der Waals surface area contributed by atoms with E-state index in [2.05, 4.69) is 26.6 Å². The molecule has 2 saturated heterocycles. The van der Waals surface area contributed by atoms with E-state index < -0.39 is 17.1 Å². The maximum atomic E-state index is 14.5. The summed E-state index contributed by atoms with van der Waals surface area (Å²) in [4.78, 5) is 34.6. The van der Waals surface area contributed by atoms with Crippen molar-refractivity contribution < 1.29 is 18.7 Å². The third-order valence-electron chi connectivity index (χ3n) is 8.15. The molecule has 0 radical (unpaired) electrons. The highest BCUT2D eigenvalue weighted by molar-refractivity contribution is 6.08. The SMILES string of the molecule is Cc1cc(N2CC[C@@](C#N)(C3CC3)C2=O)cc(C(=O)NCc2cc(F)cc(/C(C=N)=C/NCCN3CCOCC3)c2)n1. The highest BCUT2D eigenvalue weighted by Crippen LogP contribution is 2.51. The number of nitriles is 1. The van der Waals surface area contributed by atoms with Crippen molar-refractivity contribution in [2.45, 2.75) is 32.7 Å². The van der Waals surface area contributed by atoms with Gasteiger partial charge in [-0.3, -0.25) is 14.5 Å². The molecule has 2 aliphatic heterocycles. The van der Waals surface area contributed by atoms with Gasteiger partial charge in [-0.1, -0.05) is 0 Å². The predicted molar refractivity (Wildman–Crippen MR) is 156 cm³/mol. The first-order valence-corrected chi connectivity index (χ1v) is 14.4. The van der Waals surface area contributed by atoms with Crippen molar-refractivity contribution in [1.29, 1.82) is 10.7 Å². The van der Waals surface area contributed by atoms with E-state index in [0.29, 0.717) is 47.6 Å². The summed E-state index contributed by atoms with van der Waals surface area (Å²) in [5, 5.41) is 23.6. The number of morpholine rings is 1. The van der Waals surface area contributed by atoms with Crippen LogP contribution in [0.25, 0.3) is 5.57 Å². The zero-order valence-corrected chi connectivity index (χ0v) is 23.8. The van der Waals surface area contributed by atoms with Crippen LogP contribution in [0.15, 0.2) is 36.5 Å². The van der Waals surface area contributed by atoms with E-state index in [1.165, 1.54) is 18.3 Å². The predicted octanol–water partition coefficient (Wildman–Crippen LogP) is 3.03. The monoisotopic (exact) mass is 573 g/mol. The molecule has 2 aromatic rings. The highest BCUT2D eigenvalue weighted by atomic mass is 19.1. The van der Waals surface area contributed by atoms with Gasteiger partial charge >= 0.3 is 0 Å². The fourth-order valence-corrected chi connectivity index (χ4v) is 5.69. The van der Waals surface area contributed by atoms with E-state index in [-0.39, 0.29) is 24.1 Å². The molecule has 1 saturated carbocycles. The standard InChI is InChI=1S/C31H36FN7O3/c1-21-12-27(39-6-4-31(20-34,30(39)41)25-2-3-25)16-28(37-21)29(40)36-18-22-13-23(15-26(32)14-22)24(17-33)19-35-5-7-38-8-10-42-11-9-38/h12-17,19,25,33,35H,2-11,18H2,1H3,(H,36,40)/b24-19+,33-17?/t31-/m1/s1. The number of nitrogens with one attached hydrogen (secondary N) is 3. The van der Waals surface area contributed by atoms with E-state index in [1.807, 2.05) is 0 Å². The lowest BCUT2D eigenvalue weighted by atomic mass is 9.83. The van der Waals surface area contributed by atoms with Crippen molar-refractivity contribution in [1.82, 2.24) is 20.5 Å². The number of aromatic nitrogens is 1. The van der Waals surface area contributed by atoms with E-state index in [1.54, 1.807) is 36.2 Å². The van der Waals surface area contributed by atoms with Crippen LogP contribution < -0.4 is 15.5 Å². The van der Waals surface area contributed by atoms with Gasteiger partial charge in [-0.15, -0.1) is 0 Å². The first kappa shape index (κ1) is 29.4. The second kappa shape index (κ2) is 12.8. The zero-order valence-electron chi connectivity index (χ0n) is 23.8. The van der Waals surface area contributed by atoms with Crippen LogP contribution in [0.3, 0.4) is 0 Å². The Labute approximate surface area is 245 Å². The average molecular weight is 574 g/mol. The van der Waals surface area contributed by atoms with Crippen molar-refractivity contribution >= 4 is 29.3 Å². The minimum absolute atomic E-state index is 0.0478. The fourth-order valence-electron chi connectivity index (χ4n) is 5.69. The molecule has 3 fully saturated rings. The van der Waals surface area contributed by atoms with Crippen LogP contribution in [0.5, 0.6) is 0 Å². The molecule has 1 atom stereocenters. The van der Waals surface area contributed by atoms with Gasteiger partial charge in [0.1, 0.15) is 16.9 Å². The lowest BCUT2D eigenvalue weighted by Crippen LogP contribution is -2.39. The van der Waals surface area contributed by atoms with Gasteiger partial charge in [0.2, 0.25) is 5.91 Å². The van der Waals surface area contributed by atoms with Gasteiger partial charge in [-0.25, -0.2) is 9.37 Å². The number of aryl methyl sites for hydroxylation is 1. The number of rotatable bonds is 11. The number of hydrogen-bond donors (Lipinski definition) is 3. The van der Waals surface area contributed by atoms with Crippen LogP contribution in [-0.4, -0.2) is 73.9 Å². The van der Waals surface area contributed by atoms with E-state index >= 15 is 0 Å². The summed E-state index contributed by atoms with van der Waals surface area (Å²) in [7, 11) is 0. The van der Waals surface area contributed by atoms with Crippen molar-refractivity contribution in [3.8, 4) is 6.07 Å². The number of ether oxygens (including phenoxy) is 1. The Kier molecular flexibility index (Phi) is 8.94. The lowest BCUT2D eigenvalue weighted by molar-refractivity contribution is -0.123. The van der Waals surface area contributed by atoms with Gasteiger partial charge in [0.15, 0.2) is 0 Å². The second-order valence-electron chi connectivity index (χ2n) is 11.1. The quantitative estimate of drug-likeness (QED) is 0.278. The number of anilines is 1. The maximum Gasteiger partial charge on any atom is 0.270 e. The number of halogens is 1. The van der Waals surface area contributed by atoms with Crippen molar-refractivity contribution in [2.75, 3.05) is 50.8 Å². The Morgan fingerprint density at radius 2 is 2.02 bits per heavy atom. The molecule has 3 aliphatic rings. The van der Waals surface area contributed by atoms with Gasteiger partial charge in [0, 0.05) is 68.6 Å². The number of carbonyl (C=O) groups is 2. The Balaban J connectivity index is 1.23. The van der Waals surface area contributed by atoms with Crippen molar-refractivity contribution in [3.05, 3.63) is 64.9 Å². The molecule has 3 N–H and O–H groups in total. The first-order chi connectivity index (χ1) is 20.3. The molecular weight excluding hydrogens is 537 g/mol. The summed E-state index contributed by atoms with van der Waals surface area (Å²) in [5.74, 6) is -1.03. The largest absolute Gasteiger partial charge is 0.389 e. The Morgan fingerprint density at radius 1 is 1.24 bits per heavy atom. The molecule has 3 heterocycles. The smallest absolute Gasteiger partial charge is 0.270 e. The van der Waals surface area contributed by atoms with E-state index in [4.69, 9.17) is 10.1 Å². The van der Waals surface area contributed by atoms with Crippen LogP contribution in [0.2, 0.25) is 0 Å². The molecule has 1 aliphatic carbocycles. The van der Waals surface area contributed by atoms with Crippen LogP contribution in [0, 0.1) is 40.8 Å². The van der Waals surface area contributed by atoms with E-state index in [0.717, 1.165) is 45.7 Å². The molecular formula is C31H36FN7O3. The molecule has 220 valence electrons. The molecule has 5 rings (SSSR count). The molecule has 2 amide bonds. The van der Waals surface area contributed by atoms with Gasteiger partial charge in [0.05, 0.1) is 19.3 Å². The topological polar surface area (TPSA) is 134 Å². The Morgan fingerprint density at radius 3 is 2.74 bits per heavy atom. The number of carbonyl (C=O) groups excluding carboxylic acids is 2. The molecule has 10 nitrogen and oxygen atoms in total. The number of amides is 2. The van der Waals surface area contributed by atoms with Crippen LogP contribution in [0.1, 0.15) is 46.6 Å². The number of nitrogens with zero attached hydrogens (tertiary/aromatic N) is 4. The van der Waals surface area contributed by atoms with E-state index in [9.17, 15) is 19.2 Å². The van der Waals surface area contributed by atoms with Crippen LogP contribution in [-0.2, 0) is 16.1 Å². The summed E-state index contributed by atoms with van der Waals surface area (Å²) >= 11 is 0. The molecule has 42 heavy (non-hydrogen) atoms. The first-order valence-electron chi connectivity index (χ1n) is 14.4. The van der Waals surface area contributed by atoms with Crippen LogP contribution in [0.4, 0.5) is 10.1 Å². The molecule has 1 aromatic carbocycles. The number of pyridine rings is 1. The lowest BCUT2D eigenvalue weighted by Gasteiger charge is -2.26. The Bertz CT molecular complexity index is 1430. The molecule has 0 unspecified atom stereocenters. The minimum Gasteiger partial charge on any atom is -0.389 e.